The van der Waals surface area contributed by atoms with E-state index < -0.39 is 17.8 Å². The van der Waals surface area contributed by atoms with Crippen LogP contribution >= 0.6 is 11.3 Å². The number of hydrogen-bond acceptors (Lipinski definition) is 5. The lowest BCUT2D eigenvalue weighted by Crippen LogP contribution is -2.31. The molecule has 10 heteroatoms. The van der Waals surface area contributed by atoms with E-state index in [2.05, 4.69) is 15.3 Å². The number of aromatic nitrogens is 2. The summed E-state index contributed by atoms with van der Waals surface area (Å²) in [5.41, 5.74) is 6.67. The highest BCUT2D eigenvalue weighted by molar-refractivity contribution is 7.14. The van der Waals surface area contributed by atoms with Crippen LogP contribution in [-0.2, 0) is 6.18 Å². The Bertz CT molecular complexity index is 1060. The Morgan fingerprint density at radius 3 is 2.58 bits per heavy atom. The van der Waals surface area contributed by atoms with Gasteiger partial charge in [0, 0.05) is 35.1 Å². The number of alkyl halides is 3. The molecule has 0 bridgehead atoms. The summed E-state index contributed by atoms with van der Waals surface area (Å²) < 4.78 is 41.0. The molecule has 0 aliphatic rings. The second-order valence-electron chi connectivity index (χ2n) is 7.38. The molecular formula is C21H22F3N5OS. The summed E-state index contributed by atoms with van der Waals surface area (Å²) in [7, 11) is 0. The molecule has 0 aliphatic heterocycles. The van der Waals surface area contributed by atoms with E-state index in [0.717, 1.165) is 33.6 Å². The molecule has 0 atom stereocenters. The minimum atomic E-state index is -4.61. The van der Waals surface area contributed by atoms with Crippen LogP contribution in [0.4, 0.5) is 34.5 Å². The average Bonchev–Trinajstić information content (AvgIpc) is 3.16. The molecule has 0 saturated carbocycles. The fourth-order valence-electron chi connectivity index (χ4n) is 2.82. The van der Waals surface area contributed by atoms with Gasteiger partial charge in [-0.2, -0.15) is 13.2 Å². The first-order chi connectivity index (χ1) is 14.6. The fraction of sp³-hybridized carbons (Fsp3) is 0.286. The van der Waals surface area contributed by atoms with E-state index in [1.165, 1.54) is 12.1 Å². The van der Waals surface area contributed by atoms with Crippen LogP contribution in [0.2, 0.25) is 0 Å². The molecule has 3 rings (SSSR count). The number of anilines is 3. The molecule has 0 fully saturated rings. The Labute approximate surface area is 181 Å². The molecular weight excluding hydrogens is 427 g/mol. The van der Waals surface area contributed by atoms with Gasteiger partial charge in [0.2, 0.25) is 0 Å². The van der Waals surface area contributed by atoms with E-state index in [1.54, 1.807) is 11.6 Å². The van der Waals surface area contributed by atoms with E-state index >= 15 is 0 Å². The van der Waals surface area contributed by atoms with Gasteiger partial charge in [-0.05, 0) is 43.2 Å². The van der Waals surface area contributed by atoms with E-state index in [0.29, 0.717) is 12.2 Å². The number of rotatable bonds is 6. The third-order valence-electron chi connectivity index (χ3n) is 4.38. The van der Waals surface area contributed by atoms with Crippen LogP contribution in [0.15, 0.2) is 41.9 Å². The van der Waals surface area contributed by atoms with Gasteiger partial charge in [0.15, 0.2) is 5.13 Å². The molecule has 2 heterocycles. The highest BCUT2D eigenvalue weighted by Gasteiger charge is 2.35. The number of pyridine rings is 1. The summed E-state index contributed by atoms with van der Waals surface area (Å²) in [5, 5.41) is 4.67. The van der Waals surface area contributed by atoms with Crippen molar-refractivity contribution in [2.45, 2.75) is 26.9 Å². The number of hydrogen-bond donors (Lipinski definition) is 2. The first-order valence-corrected chi connectivity index (χ1v) is 10.4. The number of nitrogens with two attached hydrogens (primary N) is 1. The van der Waals surface area contributed by atoms with Crippen molar-refractivity contribution in [1.82, 2.24) is 9.97 Å². The minimum Gasteiger partial charge on any atom is -0.384 e. The summed E-state index contributed by atoms with van der Waals surface area (Å²) in [5.74, 6) is 0.160. The van der Waals surface area contributed by atoms with Crippen LogP contribution in [0.1, 0.15) is 25.1 Å². The number of aryl methyl sites for hydroxylation is 1. The van der Waals surface area contributed by atoms with Gasteiger partial charge in [0.1, 0.15) is 0 Å². The summed E-state index contributed by atoms with van der Waals surface area (Å²) in [4.78, 5) is 21.7. The van der Waals surface area contributed by atoms with E-state index in [1.807, 2.05) is 32.9 Å². The van der Waals surface area contributed by atoms with Crippen molar-refractivity contribution in [3.05, 3.63) is 53.2 Å². The molecule has 31 heavy (non-hydrogen) atoms. The first-order valence-electron chi connectivity index (χ1n) is 9.49. The van der Waals surface area contributed by atoms with Crippen LogP contribution < -0.4 is 16.0 Å². The third-order valence-corrected chi connectivity index (χ3v) is 5.20. The van der Waals surface area contributed by atoms with Gasteiger partial charge in [-0.25, -0.2) is 14.7 Å². The maximum Gasteiger partial charge on any atom is 0.418 e. The number of nitrogens with zero attached hydrogens (tertiary/aromatic N) is 3. The second kappa shape index (κ2) is 8.93. The number of halogens is 3. The molecule has 6 nitrogen and oxygen atoms in total. The molecule has 0 radical (unpaired) electrons. The fourth-order valence-corrected chi connectivity index (χ4v) is 3.68. The monoisotopic (exact) mass is 449 g/mol. The van der Waals surface area contributed by atoms with Gasteiger partial charge in [0.05, 0.1) is 16.9 Å². The molecule has 164 valence electrons. The van der Waals surface area contributed by atoms with Gasteiger partial charge in [-0.3, -0.25) is 4.98 Å². The van der Waals surface area contributed by atoms with Gasteiger partial charge in [-0.15, -0.1) is 11.3 Å². The largest absolute Gasteiger partial charge is 0.418 e. The van der Waals surface area contributed by atoms with E-state index in [-0.39, 0.29) is 22.4 Å². The minimum absolute atomic E-state index is 0.0159. The topological polar surface area (TPSA) is 84.1 Å². The van der Waals surface area contributed by atoms with E-state index in [4.69, 9.17) is 5.73 Å². The molecule has 2 aromatic heterocycles. The smallest absolute Gasteiger partial charge is 0.384 e. The number of amides is 2. The predicted molar refractivity (Wildman–Crippen MR) is 117 cm³/mol. The zero-order valence-corrected chi connectivity index (χ0v) is 18.0. The van der Waals surface area contributed by atoms with Gasteiger partial charge in [-0.1, -0.05) is 13.8 Å². The number of thiazole rings is 1. The summed E-state index contributed by atoms with van der Waals surface area (Å²) in [6.07, 6.45) is -2.97. The standard InChI is InChI=1S/C21H22F3N5OS/c1-12(2)9-27-17-7-6-15(8-16(17)21(22,23)24)29(19(25)30)20-28-18(11-31-20)14-5-4-13(3)26-10-14/h4-8,10-12,27H,9H2,1-3H3,(H2,25,30). The van der Waals surface area contributed by atoms with Crippen molar-refractivity contribution < 1.29 is 18.0 Å². The zero-order valence-electron chi connectivity index (χ0n) is 17.2. The third kappa shape index (κ3) is 5.32. The number of benzene rings is 1. The molecule has 1 aromatic carbocycles. The SMILES string of the molecule is Cc1ccc(-c2csc(N(C(N)=O)c3ccc(NCC(C)C)c(C(F)(F)F)c3)n2)cn1. The zero-order chi connectivity index (χ0) is 22.8. The lowest BCUT2D eigenvalue weighted by molar-refractivity contribution is -0.136. The normalized spacial score (nSPS) is 11.6. The number of carbonyl (C=O) groups excluding carboxylic acids is 1. The summed E-state index contributed by atoms with van der Waals surface area (Å²) in [6.45, 7) is 6.02. The second-order valence-corrected chi connectivity index (χ2v) is 8.22. The predicted octanol–water partition coefficient (Wildman–Crippen LogP) is 5.82. The van der Waals surface area contributed by atoms with Gasteiger partial charge in [0.25, 0.3) is 0 Å². The van der Waals surface area contributed by atoms with Crippen LogP contribution in [0.3, 0.4) is 0 Å². The molecule has 0 unspecified atom stereocenters. The molecule has 0 saturated heterocycles. The molecule has 3 N–H and O–H groups in total. The van der Waals surface area contributed by atoms with Gasteiger partial charge >= 0.3 is 12.2 Å². The van der Waals surface area contributed by atoms with Crippen molar-refractivity contribution in [2.75, 3.05) is 16.8 Å². The molecule has 0 aliphatic carbocycles. The van der Waals surface area contributed by atoms with Crippen molar-refractivity contribution in [1.29, 1.82) is 0 Å². The Morgan fingerprint density at radius 2 is 2.00 bits per heavy atom. The Hall–Kier alpha value is -3.14. The first kappa shape index (κ1) is 22.5. The van der Waals surface area contributed by atoms with Crippen LogP contribution in [0.25, 0.3) is 11.3 Å². The maximum atomic E-state index is 13.7. The number of nitrogens with one attached hydrogen (secondary N) is 1. The Kier molecular flexibility index (Phi) is 6.49. The van der Waals surface area contributed by atoms with Crippen LogP contribution in [0, 0.1) is 12.8 Å². The van der Waals surface area contributed by atoms with Crippen molar-refractivity contribution >= 4 is 33.9 Å². The lowest BCUT2D eigenvalue weighted by atomic mass is 10.1. The molecule has 2 amide bonds. The van der Waals surface area contributed by atoms with Crippen LogP contribution in [-0.4, -0.2) is 22.5 Å². The number of urea groups is 1. The Balaban J connectivity index is 2.00. The Morgan fingerprint density at radius 1 is 1.26 bits per heavy atom. The van der Waals surface area contributed by atoms with Crippen LogP contribution in [0.5, 0.6) is 0 Å². The lowest BCUT2D eigenvalue weighted by Gasteiger charge is -2.21. The quantitative estimate of drug-likeness (QED) is 0.497. The molecule has 0 spiro atoms. The molecule has 3 aromatic rings. The van der Waals surface area contributed by atoms with Gasteiger partial charge < -0.3 is 11.1 Å². The summed E-state index contributed by atoms with van der Waals surface area (Å²) >= 11 is 1.10. The van der Waals surface area contributed by atoms with Crippen molar-refractivity contribution in [2.24, 2.45) is 11.7 Å². The average molecular weight is 450 g/mol. The number of primary amides is 1. The van der Waals surface area contributed by atoms with E-state index in [9.17, 15) is 18.0 Å². The highest BCUT2D eigenvalue weighted by Crippen LogP contribution is 2.39. The highest BCUT2D eigenvalue weighted by atomic mass is 32.1. The van der Waals surface area contributed by atoms with Crippen molar-refractivity contribution in [3.63, 3.8) is 0 Å². The summed E-state index contributed by atoms with van der Waals surface area (Å²) in [6, 6.07) is 6.33. The number of carbonyl (C=O) groups is 1. The maximum absolute atomic E-state index is 13.7. The van der Waals surface area contributed by atoms with Crippen molar-refractivity contribution in [3.8, 4) is 11.3 Å².